The summed E-state index contributed by atoms with van der Waals surface area (Å²) >= 11 is 12.5. The van der Waals surface area contributed by atoms with E-state index in [1.54, 1.807) is 0 Å². The van der Waals surface area contributed by atoms with E-state index in [9.17, 15) is 0 Å². The van der Waals surface area contributed by atoms with E-state index >= 15 is 0 Å². The van der Waals surface area contributed by atoms with E-state index in [1.165, 1.54) is 67.1 Å². The highest BCUT2D eigenvalue weighted by Gasteiger charge is 2.30. The van der Waals surface area contributed by atoms with E-state index < -0.39 is 0 Å². The number of nitrogens with zero attached hydrogens (tertiary/aromatic N) is 3. The second kappa shape index (κ2) is 10.5. The van der Waals surface area contributed by atoms with Crippen molar-refractivity contribution in [2.75, 3.05) is 18.0 Å². The van der Waals surface area contributed by atoms with E-state index in [2.05, 4.69) is 35.4 Å². The average Bonchev–Trinajstić information content (AvgIpc) is 3.07. The third-order valence-corrected chi connectivity index (χ3v) is 8.66. The second-order valence-corrected chi connectivity index (χ2v) is 10.6. The second-order valence-electron chi connectivity index (χ2n) is 9.82. The largest absolute Gasteiger partial charge is 0.355 e. The molecule has 33 heavy (non-hydrogen) atoms. The monoisotopic (exact) mass is 505 g/mol. The van der Waals surface area contributed by atoms with E-state index in [1.807, 2.05) is 18.3 Å². The fourth-order valence-corrected chi connectivity index (χ4v) is 6.34. The van der Waals surface area contributed by atoms with Crippen molar-refractivity contribution in [3.05, 3.63) is 57.3 Å². The quantitative estimate of drug-likeness (QED) is 0.355. The van der Waals surface area contributed by atoms with Crippen LogP contribution in [0.1, 0.15) is 61.8 Å². The minimum atomic E-state index is 0. The summed E-state index contributed by atoms with van der Waals surface area (Å²) in [6, 6.07) is 8.13. The highest BCUT2D eigenvalue weighted by atomic mass is 35.5. The van der Waals surface area contributed by atoms with Gasteiger partial charge in [-0.2, -0.15) is 0 Å². The standard InChI is InChI=1S/C27H33Cl2N3.ClH/c1-18-19(2)32(16-20-10-11-24(28)25(29)15-20)26-23(18)12-13-30-27(26)31-14-6-9-22(17-31)21-7-4-3-5-8-21;/h10-13,15,21-22H,3-9,14,16-17H2,1-2H3;1H. The van der Waals surface area contributed by atoms with Gasteiger partial charge < -0.3 is 9.47 Å². The van der Waals surface area contributed by atoms with Crippen LogP contribution >= 0.6 is 35.6 Å². The van der Waals surface area contributed by atoms with Gasteiger partial charge in [0.05, 0.1) is 15.6 Å². The van der Waals surface area contributed by atoms with Crippen molar-refractivity contribution in [2.45, 2.75) is 65.3 Å². The molecule has 1 aliphatic heterocycles. The maximum Gasteiger partial charge on any atom is 0.153 e. The topological polar surface area (TPSA) is 21.1 Å². The minimum Gasteiger partial charge on any atom is -0.355 e. The number of anilines is 1. The number of aryl methyl sites for hydroxylation is 1. The molecule has 0 radical (unpaired) electrons. The summed E-state index contributed by atoms with van der Waals surface area (Å²) in [5.74, 6) is 2.86. The minimum absolute atomic E-state index is 0. The number of pyridine rings is 1. The molecule has 0 spiro atoms. The van der Waals surface area contributed by atoms with Crippen molar-refractivity contribution in [2.24, 2.45) is 11.8 Å². The van der Waals surface area contributed by atoms with Gasteiger partial charge in [0, 0.05) is 36.9 Å². The van der Waals surface area contributed by atoms with E-state index in [-0.39, 0.29) is 12.4 Å². The normalized spacial score (nSPS) is 19.6. The summed E-state index contributed by atoms with van der Waals surface area (Å²) in [6.45, 7) is 7.47. The number of benzene rings is 1. The Hall–Kier alpha value is -1.42. The molecule has 0 amide bonds. The Kier molecular flexibility index (Phi) is 7.83. The highest BCUT2D eigenvalue weighted by molar-refractivity contribution is 6.42. The van der Waals surface area contributed by atoms with Gasteiger partial charge >= 0.3 is 0 Å². The van der Waals surface area contributed by atoms with Crippen LogP contribution in [-0.4, -0.2) is 22.6 Å². The SMILES string of the molecule is Cc1c(C)n(Cc2ccc(Cl)c(Cl)c2)c2c(N3CCCC(C4CCCCC4)C3)nccc12.Cl. The first kappa shape index (κ1) is 24.7. The Morgan fingerprint density at radius 3 is 2.45 bits per heavy atom. The van der Waals surface area contributed by atoms with E-state index in [4.69, 9.17) is 28.2 Å². The number of fused-ring (bicyclic) bond motifs is 1. The summed E-state index contributed by atoms with van der Waals surface area (Å²) in [7, 11) is 0. The predicted octanol–water partition coefficient (Wildman–Crippen LogP) is 8.23. The van der Waals surface area contributed by atoms with Crippen LogP contribution in [0, 0.1) is 25.7 Å². The molecule has 3 nitrogen and oxygen atoms in total. The molecule has 1 aliphatic carbocycles. The molecule has 1 unspecified atom stereocenters. The molecule has 5 rings (SSSR count). The molecule has 1 saturated carbocycles. The number of piperidine rings is 1. The van der Waals surface area contributed by atoms with Crippen molar-refractivity contribution in [3.8, 4) is 0 Å². The van der Waals surface area contributed by atoms with Gasteiger partial charge in [0.15, 0.2) is 5.82 Å². The fourth-order valence-electron chi connectivity index (χ4n) is 6.02. The Balaban J connectivity index is 0.00000259. The first-order chi connectivity index (χ1) is 15.5. The maximum absolute atomic E-state index is 6.32. The highest BCUT2D eigenvalue weighted by Crippen LogP contribution is 2.38. The van der Waals surface area contributed by atoms with Crippen LogP contribution in [0.2, 0.25) is 10.0 Å². The summed E-state index contributed by atoms with van der Waals surface area (Å²) in [5.41, 5.74) is 5.05. The molecule has 178 valence electrons. The molecule has 3 aromatic rings. The Morgan fingerprint density at radius 2 is 1.70 bits per heavy atom. The summed E-state index contributed by atoms with van der Waals surface area (Å²) in [6.07, 6.45) is 11.7. The van der Waals surface area contributed by atoms with Crippen molar-refractivity contribution < 1.29 is 0 Å². The van der Waals surface area contributed by atoms with Gasteiger partial charge in [-0.25, -0.2) is 4.98 Å². The molecule has 2 fully saturated rings. The van der Waals surface area contributed by atoms with Gasteiger partial charge in [-0.15, -0.1) is 12.4 Å². The average molecular weight is 507 g/mol. The van der Waals surface area contributed by atoms with Crippen LogP contribution in [-0.2, 0) is 6.54 Å². The van der Waals surface area contributed by atoms with E-state index in [0.717, 1.165) is 42.9 Å². The molecule has 1 atom stereocenters. The van der Waals surface area contributed by atoms with Crippen LogP contribution in [0.5, 0.6) is 0 Å². The lowest BCUT2D eigenvalue weighted by molar-refractivity contribution is 0.220. The lowest BCUT2D eigenvalue weighted by atomic mass is 9.76. The molecular formula is C27H34Cl3N3. The molecule has 1 saturated heterocycles. The number of hydrogen-bond acceptors (Lipinski definition) is 2. The summed E-state index contributed by atoms with van der Waals surface area (Å²) < 4.78 is 2.43. The Bertz CT molecular complexity index is 1120. The Morgan fingerprint density at radius 1 is 0.939 bits per heavy atom. The molecule has 2 aliphatic rings. The van der Waals surface area contributed by atoms with Gasteiger partial charge in [-0.05, 0) is 67.9 Å². The first-order valence-electron chi connectivity index (χ1n) is 12.2. The molecule has 2 aromatic heterocycles. The van der Waals surface area contributed by atoms with Crippen molar-refractivity contribution in [3.63, 3.8) is 0 Å². The molecule has 0 N–H and O–H groups in total. The van der Waals surface area contributed by atoms with Gasteiger partial charge in [0.1, 0.15) is 0 Å². The first-order valence-corrected chi connectivity index (χ1v) is 12.9. The predicted molar refractivity (Wildman–Crippen MR) is 144 cm³/mol. The van der Waals surface area contributed by atoms with Gasteiger partial charge in [-0.3, -0.25) is 0 Å². The van der Waals surface area contributed by atoms with Crippen LogP contribution < -0.4 is 4.90 Å². The lowest BCUT2D eigenvalue weighted by Gasteiger charge is -2.39. The third kappa shape index (κ3) is 4.88. The van der Waals surface area contributed by atoms with Crippen LogP contribution in [0.15, 0.2) is 30.5 Å². The molecule has 3 heterocycles. The molecule has 6 heteroatoms. The number of hydrogen-bond donors (Lipinski definition) is 0. The smallest absolute Gasteiger partial charge is 0.153 e. The zero-order valence-electron chi connectivity index (χ0n) is 19.6. The van der Waals surface area contributed by atoms with Crippen LogP contribution in [0.25, 0.3) is 10.9 Å². The number of rotatable bonds is 4. The zero-order chi connectivity index (χ0) is 22.2. The molecule has 1 aromatic carbocycles. The van der Waals surface area contributed by atoms with Crippen molar-refractivity contribution in [1.82, 2.24) is 9.55 Å². The summed E-state index contributed by atoms with van der Waals surface area (Å²) in [4.78, 5) is 7.54. The Labute approximate surface area is 213 Å². The van der Waals surface area contributed by atoms with E-state index in [0.29, 0.717) is 10.0 Å². The number of aromatic nitrogens is 2. The van der Waals surface area contributed by atoms with Crippen molar-refractivity contribution in [1.29, 1.82) is 0 Å². The third-order valence-electron chi connectivity index (χ3n) is 7.93. The maximum atomic E-state index is 6.32. The lowest BCUT2D eigenvalue weighted by Crippen LogP contribution is -2.39. The van der Waals surface area contributed by atoms with Gasteiger partial charge in [0.25, 0.3) is 0 Å². The fraction of sp³-hybridized carbons (Fsp3) is 0.519. The zero-order valence-corrected chi connectivity index (χ0v) is 21.9. The summed E-state index contributed by atoms with van der Waals surface area (Å²) in [5, 5.41) is 2.53. The van der Waals surface area contributed by atoms with Crippen LogP contribution in [0.3, 0.4) is 0 Å². The van der Waals surface area contributed by atoms with Crippen molar-refractivity contribution >= 4 is 52.3 Å². The van der Waals surface area contributed by atoms with Crippen LogP contribution in [0.4, 0.5) is 5.82 Å². The molecular weight excluding hydrogens is 473 g/mol. The molecule has 0 bridgehead atoms. The number of halogens is 3. The van der Waals surface area contributed by atoms with Gasteiger partial charge in [-0.1, -0.05) is 61.4 Å². The van der Waals surface area contributed by atoms with Gasteiger partial charge in [0.2, 0.25) is 0 Å².